The number of aromatic nitrogens is 2. The molecule has 0 aliphatic heterocycles. The Labute approximate surface area is 116 Å². The fraction of sp³-hybridized carbons (Fsp3) is 0.385. The summed E-state index contributed by atoms with van der Waals surface area (Å²) in [6, 6.07) is 4.22. The summed E-state index contributed by atoms with van der Waals surface area (Å²) >= 11 is 7.59. The minimum atomic E-state index is 0.202. The third-order valence-electron chi connectivity index (χ3n) is 2.62. The predicted octanol–water partition coefficient (Wildman–Crippen LogP) is 3.47. The van der Waals surface area contributed by atoms with Gasteiger partial charge in [-0.25, -0.2) is 0 Å². The van der Waals surface area contributed by atoms with E-state index in [0.29, 0.717) is 0 Å². The average molecular weight is 282 g/mol. The van der Waals surface area contributed by atoms with Crippen LogP contribution < -0.4 is 5.32 Å². The summed E-state index contributed by atoms with van der Waals surface area (Å²) in [5, 5.41) is 3.50. The predicted molar refractivity (Wildman–Crippen MR) is 76.1 cm³/mol. The molecule has 1 N–H and O–H groups in total. The molecule has 0 aliphatic carbocycles. The number of rotatable bonds is 6. The maximum absolute atomic E-state index is 5.96. The van der Waals surface area contributed by atoms with Crippen LogP contribution in [0.3, 0.4) is 0 Å². The number of halogens is 1. The summed E-state index contributed by atoms with van der Waals surface area (Å²) < 4.78 is 0.832. The normalized spacial score (nSPS) is 12.6. The van der Waals surface area contributed by atoms with Crippen molar-refractivity contribution in [2.45, 2.75) is 25.8 Å². The van der Waals surface area contributed by atoms with Gasteiger partial charge in [0.1, 0.15) is 0 Å². The Morgan fingerprint density at radius 2 is 2.28 bits per heavy atom. The lowest BCUT2D eigenvalue weighted by Crippen LogP contribution is -2.24. The van der Waals surface area contributed by atoms with E-state index in [1.807, 2.05) is 12.3 Å². The highest BCUT2D eigenvalue weighted by Crippen LogP contribution is 2.25. The van der Waals surface area contributed by atoms with E-state index in [4.69, 9.17) is 11.6 Å². The van der Waals surface area contributed by atoms with Crippen molar-refractivity contribution in [3.8, 4) is 0 Å². The van der Waals surface area contributed by atoms with E-state index in [2.05, 4.69) is 28.3 Å². The van der Waals surface area contributed by atoms with Gasteiger partial charge in [-0.3, -0.25) is 9.97 Å². The van der Waals surface area contributed by atoms with Crippen LogP contribution in [-0.2, 0) is 6.42 Å². The van der Waals surface area contributed by atoms with E-state index in [0.717, 1.165) is 29.4 Å². The molecule has 1 atom stereocenters. The highest BCUT2D eigenvalue weighted by Gasteiger charge is 2.14. The molecule has 0 radical (unpaired) electrons. The first-order valence-electron chi connectivity index (χ1n) is 6.03. The molecule has 0 aliphatic rings. The first-order chi connectivity index (χ1) is 8.79. The first-order valence-corrected chi connectivity index (χ1v) is 7.22. The van der Waals surface area contributed by atoms with Gasteiger partial charge in [0.15, 0.2) is 0 Å². The zero-order valence-corrected chi connectivity index (χ0v) is 11.8. The van der Waals surface area contributed by atoms with E-state index >= 15 is 0 Å². The lowest BCUT2D eigenvalue weighted by molar-refractivity contribution is 0.519. The van der Waals surface area contributed by atoms with E-state index in [-0.39, 0.29) is 6.04 Å². The molecule has 2 aromatic rings. The van der Waals surface area contributed by atoms with Crippen LogP contribution in [0.1, 0.15) is 30.0 Å². The van der Waals surface area contributed by atoms with Crippen molar-refractivity contribution < 1.29 is 0 Å². The zero-order valence-electron chi connectivity index (χ0n) is 10.3. The van der Waals surface area contributed by atoms with Gasteiger partial charge >= 0.3 is 0 Å². The molecule has 0 amide bonds. The third kappa shape index (κ3) is 3.77. The fourth-order valence-corrected chi connectivity index (χ4v) is 2.89. The molecule has 96 valence electrons. The summed E-state index contributed by atoms with van der Waals surface area (Å²) in [7, 11) is 0. The molecule has 0 aromatic carbocycles. The molecule has 0 saturated carbocycles. The van der Waals surface area contributed by atoms with Gasteiger partial charge in [0.25, 0.3) is 0 Å². The van der Waals surface area contributed by atoms with E-state index in [9.17, 15) is 0 Å². The van der Waals surface area contributed by atoms with Gasteiger partial charge in [-0.05, 0) is 25.1 Å². The Hall–Kier alpha value is -0.970. The largest absolute Gasteiger partial charge is 0.308 e. The van der Waals surface area contributed by atoms with Crippen molar-refractivity contribution in [2.75, 3.05) is 6.54 Å². The average Bonchev–Trinajstić information content (AvgIpc) is 2.81. The minimum absolute atomic E-state index is 0.202. The van der Waals surface area contributed by atoms with Crippen LogP contribution in [0.4, 0.5) is 0 Å². The number of hydrogen-bond donors (Lipinski definition) is 1. The molecule has 2 rings (SSSR count). The highest BCUT2D eigenvalue weighted by molar-refractivity contribution is 7.16. The summed E-state index contributed by atoms with van der Waals surface area (Å²) in [6.07, 6.45) is 7.25. The quantitative estimate of drug-likeness (QED) is 0.881. The Morgan fingerprint density at radius 3 is 2.89 bits per heavy atom. The van der Waals surface area contributed by atoms with Crippen molar-refractivity contribution in [3.05, 3.63) is 45.6 Å². The van der Waals surface area contributed by atoms with Crippen molar-refractivity contribution in [3.63, 3.8) is 0 Å². The number of nitrogens with zero attached hydrogens (tertiary/aromatic N) is 2. The van der Waals surface area contributed by atoms with E-state index in [1.165, 1.54) is 4.88 Å². The molecule has 1 unspecified atom stereocenters. The second-order valence-corrected chi connectivity index (χ2v) is 5.85. The van der Waals surface area contributed by atoms with Gasteiger partial charge in [0, 0.05) is 29.9 Å². The van der Waals surface area contributed by atoms with Gasteiger partial charge in [-0.15, -0.1) is 11.3 Å². The minimum Gasteiger partial charge on any atom is -0.308 e. The molecule has 0 bridgehead atoms. The number of hydrogen-bond acceptors (Lipinski definition) is 4. The van der Waals surface area contributed by atoms with Crippen molar-refractivity contribution >= 4 is 22.9 Å². The van der Waals surface area contributed by atoms with Gasteiger partial charge < -0.3 is 5.32 Å². The Morgan fingerprint density at radius 1 is 1.39 bits per heavy atom. The molecule has 3 nitrogen and oxygen atoms in total. The standard InChI is InChI=1S/C13H16ClN3S/c1-2-5-16-11(12-9-15-6-7-17-12)8-10-3-4-13(14)18-10/h3-4,6-7,9,11,16H,2,5,8H2,1H3. The zero-order chi connectivity index (χ0) is 12.8. The monoisotopic (exact) mass is 281 g/mol. The first kappa shape index (κ1) is 13.5. The van der Waals surface area contributed by atoms with Crippen LogP contribution in [0.5, 0.6) is 0 Å². The highest BCUT2D eigenvalue weighted by atomic mass is 35.5. The topological polar surface area (TPSA) is 37.8 Å². The van der Waals surface area contributed by atoms with Crippen LogP contribution in [0.25, 0.3) is 0 Å². The maximum Gasteiger partial charge on any atom is 0.0931 e. The maximum atomic E-state index is 5.96. The fourth-order valence-electron chi connectivity index (χ4n) is 1.75. The SMILES string of the molecule is CCCNC(Cc1ccc(Cl)s1)c1cnccn1. The summed E-state index contributed by atoms with van der Waals surface area (Å²) in [4.78, 5) is 9.78. The molecule has 0 spiro atoms. The lowest BCUT2D eigenvalue weighted by atomic mass is 10.1. The van der Waals surface area contributed by atoms with Gasteiger partial charge in [0.2, 0.25) is 0 Å². The Bertz CT molecular complexity index is 472. The van der Waals surface area contributed by atoms with Crippen LogP contribution in [0.15, 0.2) is 30.7 Å². The van der Waals surface area contributed by atoms with Crippen molar-refractivity contribution in [1.82, 2.24) is 15.3 Å². The van der Waals surface area contributed by atoms with E-state index < -0.39 is 0 Å². The molecular weight excluding hydrogens is 266 g/mol. The Balaban J connectivity index is 2.10. The van der Waals surface area contributed by atoms with E-state index in [1.54, 1.807) is 23.7 Å². The third-order valence-corrected chi connectivity index (χ3v) is 3.87. The van der Waals surface area contributed by atoms with Gasteiger partial charge in [-0.1, -0.05) is 18.5 Å². The summed E-state index contributed by atoms with van der Waals surface area (Å²) in [5.41, 5.74) is 0.982. The van der Waals surface area contributed by atoms with Crippen LogP contribution in [0, 0.1) is 0 Å². The Kier molecular flexibility index (Phi) is 5.11. The van der Waals surface area contributed by atoms with Crippen LogP contribution in [0.2, 0.25) is 4.34 Å². The van der Waals surface area contributed by atoms with Crippen LogP contribution in [-0.4, -0.2) is 16.5 Å². The molecular formula is C13H16ClN3S. The number of nitrogens with one attached hydrogen (secondary N) is 1. The van der Waals surface area contributed by atoms with Crippen LogP contribution >= 0.6 is 22.9 Å². The smallest absolute Gasteiger partial charge is 0.0931 e. The second-order valence-electron chi connectivity index (χ2n) is 4.05. The number of thiophene rings is 1. The molecule has 0 saturated heterocycles. The lowest BCUT2D eigenvalue weighted by Gasteiger charge is -2.16. The van der Waals surface area contributed by atoms with Crippen molar-refractivity contribution in [2.24, 2.45) is 0 Å². The summed E-state index contributed by atoms with van der Waals surface area (Å²) in [6.45, 7) is 3.13. The van der Waals surface area contributed by atoms with Gasteiger partial charge in [0.05, 0.1) is 16.1 Å². The molecule has 18 heavy (non-hydrogen) atoms. The molecule has 2 aromatic heterocycles. The second kappa shape index (κ2) is 6.83. The molecule has 2 heterocycles. The molecule has 5 heteroatoms. The van der Waals surface area contributed by atoms with Gasteiger partial charge in [-0.2, -0.15) is 0 Å². The van der Waals surface area contributed by atoms with Crippen molar-refractivity contribution in [1.29, 1.82) is 0 Å². The molecule has 0 fully saturated rings. The summed E-state index contributed by atoms with van der Waals surface area (Å²) in [5.74, 6) is 0.